The number of halogens is 2. The molecular formula is C23H22ClFN6OS. The number of nitrogens with one attached hydrogen (secondary N) is 1. The Morgan fingerprint density at radius 1 is 1.36 bits per heavy atom. The van der Waals surface area contributed by atoms with E-state index in [9.17, 15) is 9.18 Å². The zero-order chi connectivity index (χ0) is 23.4. The minimum absolute atomic E-state index is 0.0718. The minimum Gasteiger partial charge on any atom is -0.397 e. The van der Waals surface area contributed by atoms with Gasteiger partial charge in [0.25, 0.3) is 5.91 Å². The average Bonchev–Trinajstić information content (AvgIpc) is 3.26. The number of rotatable bonds is 6. The van der Waals surface area contributed by atoms with Gasteiger partial charge in [-0.1, -0.05) is 23.7 Å². The number of aromatic nitrogens is 2. The normalized spacial score (nSPS) is 14.7. The minimum atomic E-state index is -0.360. The van der Waals surface area contributed by atoms with Crippen LogP contribution in [0.25, 0.3) is 10.6 Å². The zero-order valence-corrected chi connectivity index (χ0v) is 19.3. The Hall–Kier alpha value is -3.06. The molecular weight excluding hydrogens is 463 g/mol. The summed E-state index contributed by atoms with van der Waals surface area (Å²) in [6.45, 7) is 3.12. The van der Waals surface area contributed by atoms with E-state index in [0.29, 0.717) is 23.0 Å². The predicted molar refractivity (Wildman–Crippen MR) is 126 cm³/mol. The van der Waals surface area contributed by atoms with E-state index in [1.165, 1.54) is 23.5 Å². The van der Waals surface area contributed by atoms with Crippen molar-refractivity contribution >= 4 is 34.5 Å². The van der Waals surface area contributed by atoms with Crippen LogP contribution in [0.1, 0.15) is 33.8 Å². The highest BCUT2D eigenvalue weighted by molar-refractivity contribution is 7.15. The number of thiazole rings is 1. The molecule has 3 heterocycles. The van der Waals surface area contributed by atoms with Crippen molar-refractivity contribution in [2.75, 3.05) is 25.4 Å². The molecule has 7 nitrogen and oxygen atoms in total. The second-order valence-corrected chi connectivity index (χ2v) is 9.39. The first-order valence-electron chi connectivity index (χ1n) is 10.5. The molecule has 0 aliphatic carbocycles. The molecule has 0 bridgehead atoms. The summed E-state index contributed by atoms with van der Waals surface area (Å²) >= 11 is 7.45. The summed E-state index contributed by atoms with van der Waals surface area (Å²) in [4.78, 5) is 24.2. The molecule has 2 aromatic heterocycles. The smallest absolute Gasteiger partial charge is 0.270 e. The molecule has 10 heteroatoms. The Bertz CT molecular complexity index is 1180. The molecule has 0 saturated carbocycles. The lowest BCUT2D eigenvalue weighted by Crippen LogP contribution is -2.38. The Balaban J connectivity index is 1.26. The summed E-state index contributed by atoms with van der Waals surface area (Å²) in [6, 6.07) is 9.91. The lowest BCUT2D eigenvalue weighted by atomic mass is 9.96. The number of benzene rings is 1. The number of pyridine rings is 1. The lowest BCUT2D eigenvalue weighted by molar-refractivity contribution is 0.0930. The molecule has 1 aliphatic rings. The zero-order valence-electron chi connectivity index (χ0n) is 17.7. The summed E-state index contributed by atoms with van der Waals surface area (Å²) in [5.41, 5.74) is 6.62. The number of carbonyl (C=O) groups is 1. The van der Waals surface area contributed by atoms with Gasteiger partial charge in [0.1, 0.15) is 33.3 Å². The summed E-state index contributed by atoms with van der Waals surface area (Å²) in [5.74, 6) is -0.268. The van der Waals surface area contributed by atoms with Gasteiger partial charge in [-0.15, -0.1) is 11.3 Å². The number of piperidine rings is 1. The molecule has 0 radical (unpaired) electrons. The van der Waals surface area contributed by atoms with E-state index in [0.717, 1.165) is 37.4 Å². The molecule has 170 valence electrons. The fraction of sp³-hybridized carbons (Fsp3) is 0.304. The molecule has 1 aromatic carbocycles. The van der Waals surface area contributed by atoms with Gasteiger partial charge in [0.2, 0.25) is 0 Å². The van der Waals surface area contributed by atoms with Crippen LogP contribution in [0, 0.1) is 23.1 Å². The van der Waals surface area contributed by atoms with Crippen LogP contribution in [-0.2, 0) is 6.54 Å². The van der Waals surface area contributed by atoms with Gasteiger partial charge in [0, 0.05) is 29.7 Å². The molecule has 0 unspecified atom stereocenters. The van der Waals surface area contributed by atoms with Gasteiger partial charge >= 0.3 is 0 Å². The van der Waals surface area contributed by atoms with Crippen LogP contribution >= 0.6 is 22.9 Å². The van der Waals surface area contributed by atoms with Gasteiger partial charge in [0.05, 0.1) is 5.69 Å². The first kappa shape index (κ1) is 23.1. The fourth-order valence-corrected chi connectivity index (χ4v) is 5.02. The summed E-state index contributed by atoms with van der Waals surface area (Å²) in [5, 5.41) is 12.5. The van der Waals surface area contributed by atoms with Crippen molar-refractivity contribution in [1.29, 1.82) is 5.26 Å². The second kappa shape index (κ2) is 10.3. The topological polar surface area (TPSA) is 108 Å². The number of likely N-dealkylation sites (tertiary alicyclic amines) is 1. The maximum atomic E-state index is 14.0. The van der Waals surface area contributed by atoms with E-state index < -0.39 is 0 Å². The van der Waals surface area contributed by atoms with Crippen LogP contribution in [-0.4, -0.2) is 40.4 Å². The molecule has 3 aromatic rings. The number of amides is 1. The van der Waals surface area contributed by atoms with Crippen molar-refractivity contribution in [3.05, 3.63) is 63.6 Å². The maximum absolute atomic E-state index is 14.0. The van der Waals surface area contributed by atoms with Crippen LogP contribution in [0.15, 0.2) is 36.5 Å². The van der Waals surface area contributed by atoms with Crippen molar-refractivity contribution < 1.29 is 9.18 Å². The standard InChI is InChI=1S/C23H22ClFN6OS/c24-21-17(10-26)19(27)9-20(30-21)22(32)28-11-14-5-7-31(8-6-14)13-15-12-29-23(33-15)16-3-1-2-4-18(16)25/h1-4,9,12,14H,5-8,11,13H2,(H2,27,30)(H,28,32). The largest absolute Gasteiger partial charge is 0.397 e. The van der Waals surface area contributed by atoms with E-state index in [1.54, 1.807) is 12.1 Å². The van der Waals surface area contributed by atoms with Crippen LogP contribution in [0.5, 0.6) is 0 Å². The van der Waals surface area contributed by atoms with E-state index in [-0.39, 0.29) is 33.8 Å². The molecule has 0 spiro atoms. The number of nitrogen functional groups attached to an aromatic ring is 1. The third-order valence-electron chi connectivity index (χ3n) is 5.65. The molecule has 33 heavy (non-hydrogen) atoms. The van der Waals surface area contributed by atoms with Crippen molar-refractivity contribution in [1.82, 2.24) is 20.2 Å². The third kappa shape index (κ3) is 5.47. The number of carbonyl (C=O) groups excluding carboxylic acids is 1. The lowest BCUT2D eigenvalue weighted by Gasteiger charge is -2.31. The number of nitrogens with zero attached hydrogens (tertiary/aromatic N) is 4. The summed E-state index contributed by atoms with van der Waals surface area (Å²) < 4.78 is 14.0. The average molecular weight is 485 g/mol. The quantitative estimate of drug-likeness (QED) is 0.510. The van der Waals surface area contributed by atoms with E-state index in [2.05, 4.69) is 20.2 Å². The predicted octanol–water partition coefficient (Wildman–Crippen LogP) is 4.09. The van der Waals surface area contributed by atoms with Gasteiger partial charge in [-0.25, -0.2) is 14.4 Å². The number of nitrogens with two attached hydrogens (primary N) is 1. The maximum Gasteiger partial charge on any atom is 0.270 e. The highest BCUT2D eigenvalue weighted by atomic mass is 35.5. The number of hydrogen-bond donors (Lipinski definition) is 2. The van der Waals surface area contributed by atoms with Crippen LogP contribution in [0.4, 0.5) is 10.1 Å². The Labute approximate surface area is 200 Å². The number of nitriles is 1. The Morgan fingerprint density at radius 2 is 2.12 bits per heavy atom. The Kier molecular flexibility index (Phi) is 7.18. The van der Waals surface area contributed by atoms with E-state index in [1.807, 2.05) is 18.3 Å². The van der Waals surface area contributed by atoms with Gasteiger partial charge in [-0.05, 0) is 50.0 Å². The Morgan fingerprint density at radius 3 is 2.82 bits per heavy atom. The fourth-order valence-electron chi connectivity index (χ4n) is 3.80. The molecule has 1 amide bonds. The second-order valence-electron chi connectivity index (χ2n) is 7.92. The first-order valence-corrected chi connectivity index (χ1v) is 11.7. The SMILES string of the molecule is N#Cc1c(N)cc(C(=O)NCC2CCN(Cc3cnc(-c4ccccc4F)s3)CC2)nc1Cl. The third-order valence-corrected chi connectivity index (χ3v) is 6.93. The van der Waals surface area contributed by atoms with E-state index in [4.69, 9.17) is 22.6 Å². The molecule has 1 saturated heterocycles. The van der Waals surface area contributed by atoms with Gasteiger partial charge in [-0.2, -0.15) is 5.26 Å². The summed E-state index contributed by atoms with van der Waals surface area (Å²) in [6.07, 6.45) is 3.71. The van der Waals surface area contributed by atoms with Gasteiger partial charge < -0.3 is 11.1 Å². The van der Waals surface area contributed by atoms with Gasteiger partial charge in [-0.3, -0.25) is 9.69 Å². The van der Waals surface area contributed by atoms with Crippen LogP contribution in [0.3, 0.4) is 0 Å². The number of hydrogen-bond acceptors (Lipinski definition) is 7. The first-order chi connectivity index (χ1) is 15.9. The monoisotopic (exact) mass is 484 g/mol. The summed E-state index contributed by atoms with van der Waals surface area (Å²) in [7, 11) is 0. The molecule has 0 atom stereocenters. The highest BCUT2D eigenvalue weighted by Gasteiger charge is 2.22. The van der Waals surface area contributed by atoms with E-state index >= 15 is 0 Å². The van der Waals surface area contributed by atoms with Crippen LogP contribution in [0.2, 0.25) is 5.15 Å². The molecule has 1 fully saturated rings. The van der Waals surface area contributed by atoms with Crippen molar-refractivity contribution in [2.24, 2.45) is 5.92 Å². The van der Waals surface area contributed by atoms with Gasteiger partial charge in [0.15, 0.2) is 0 Å². The van der Waals surface area contributed by atoms with Crippen LogP contribution < -0.4 is 11.1 Å². The molecule has 1 aliphatic heterocycles. The van der Waals surface area contributed by atoms with Crippen molar-refractivity contribution in [2.45, 2.75) is 19.4 Å². The highest BCUT2D eigenvalue weighted by Crippen LogP contribution is 2.29. The molecule has 3 N–H and O–H groups in total. The van der Waals surface area contributed by atoms with Crippen molar-refractivity contribution in [3.8, 4) is 16.6 Å². The van der Waals surface area contributed by atoms with Crippen molar-refractivity contribution in [3.63, 3.8) is 0 Å². The number of anilines is 1. The molecule has 4 rings (SSSR count).